The number of fused-ring (bicyclic) bond motifs is 1. The highest BCUT2D eigenvalue weighted by Gasteiger charge is 2.38. The molecule has 2 rings (SSSR count). The number of benzene rings is 1. The van der Waals surface area contributed by atoms with Crippen molar-refractivity contribution in [2.45, 2.75) is 0 Å². The van der Waals surface area contributed by atoms with Crippen LogP contribution in [0, 0.1) is 0 Å². The van der Waals surface area contributed by atoms with Crippen LogP contribution in [-0.4, -0.2) is 46.3 Å². The highest BCUT2D eigenvalue weighted by atomic mass is 16.4. The summed E-state index contributed by atoms with van der Waals surface area (Å²) in [6.45, 7) is -0.737. The van der Waals surface area contributed by atoms with Crippen LogP contribution >= 0.6 is 0 Å². The largest absolute Gasteiger partial charge is 0.480 e. The van der Waals surface area contributed by atoms with Gasteiger partial charge in [-0.3, -0.25) is 19.3 Å². The molecule has 0 atom stereocenters. The van der Waals surface area contributed by atoms with Gasteiger partial charge in [-0.25, -0.2) is 4.99 Å². The molecule has 7 N–H and O–H groups in total. The molecule has 0 spiro atoms. The first-order chi connectivity index (χ1) is 10.3. The fourth-order valence-electron chi connectivity index (χ4n) is 1.97. The van der Waals surface area contributed by atoms with Crippen molar-refractivity contribution < 1.29 is 19.5 Å². The molecule has 0 fully saturated rings. The lowest BCUT2D eigenvalue weighted by Gasteiger charge is -2.09. The van der Waals surface area contributed by atoms with Gasteiger partial charge in [-0.1, -0.05) is 6.07 Å². The number of nitrogens with two attached hydrogens (primary N) is 3. The monoisotopic (exact) mass is 304 g/mol. The fraction of sp³-hybridized carbons (Fsp3) is 0.0833. The Morgan fingerprint density at radius 2 is 1.86 bits per heavy atom. The van der Waals surface area contributed by atoms with Gasteiger partial charge in [-0.05, 0) is 12.1 Å². The Labute approximate surface area is 123 Å². The summed E-state index contributed by atoms with van der Waals surface area (Å²) in [4.78, 5) is 43.0. The lowest BCUT2D eigenvalue weighted by atomic mass is 10.1. The Hall–Kier alpha value is -3.43. The fourth-order valence-corrected chi connectivity index (χ4v) is 1.97. The van der Waals surface area contributed by atoms with E-state index >= 15 is 0 Å². The highest BCUT2D eigenvalue weighted by molar-refractivity contribution is 6.24. The van der Waals surface area contributed by atoms with Gasteiger partial charge in [0, 0.05) is 0 Å². The number of amides is 2. The van der Waals surface area contributed by atoms with Crippen molar-refractivity contribution in [3.05, 3.63) is 29.3 Å². The molecule has 2 amide bonds. The third-order valence-corrected chi connectivity index (χ3v) is 2.75. The van der Waals surface area contributed by atoms with Gasteiger partial charge in [0.25, 0.3) is 11.8 Å². The Morgan fingerprint density at radius 3 is 2.45 bits per heavy atom. The zero-order chi connectivity index (χ0) is 16.4. The van der Waals surface area contributed by atoms with E-state index in [4.69, 9.17) is 22.3 Å². The number of guanidine groups is 2. The Bertz CT molecular complexity index is 735. The van der Waals surface area contributed by atoms with Gasteiger partial charge < -0.3 is 22.3 Å². The summed E-state index contributed by atoms with van der Waals surface area (Å²) in [7, 11) is 0. The summed E-state index contributed by atoms with van der Waals surface area (Å²) >= 11 is 0. The molecule has 1 aromatic rings. The first kappa shape index (κ1) is 15.0. The van der Waals surface area contributed by atoms with Crippen LogP contribution < -0.4 is 17.2 Å². The number of hydrogen-bond donors (Lipinski definition) is 4. The Kier molecular flexibility index (Phi) is 3.75. The smallest absolute Gasteiger partial charge is 0.323 e. The molecule has 0 unspecified atom stereocenters. The van der Waals surface area contributed by atoms with Crippen LogP contribution in [0.25, 0.3) is 0 Å². The maximum atomic E-state index is 12.2. The van der Waals surface area contributed by atoms with Gasteiger partial charge in [0.05, 0.1) is 16.8 Å². The van der Waals surface area contributed by atoms with E-state index in [9.17, 15) is 14.4 Å². The van der Waals surface area contributed by atoms with Crippen LogP contribution in [0.2, 0.25) is 0 Å². The molecule has 0 bridgehead atoms. The molecule has 0 aromatic heterocycles. The van der Waals surface area contributed by atoms with E-state index in [1.54, 1.807) is 0 Å². The number of aliphatic imine (C=N–C) groups is 2. The maximum absolute atomic E-state index is 12.2. The van der Waals surface area contributed by atoms with E-state index in [0.717, 1.165) is 0 Å². The van der Waals surface area contributed by atoms with Gasteiger partial charge in [0.1, 0.15) is 6.54 Å². The van der Waals surface area contributed by atoms with Crippen molar-refractivity contribution in [1.29, 1.82) is 0 Å². The number of imide groups is 1. The number of hydrogen-bond acceptors (Lipinski definition) is 4. The van der Waals surface area contributed by atoms with E-state index in [1.807, 2.05) is 0 Å². The van der Waals surface area contributed by atoms with Gasteiger partial charge >= 0.3 is 5.97 Å². The molecule has 22 heavy (non-hydrogen) atoms. The van der Waals surface area contributed by atoms with Gasteiger partial charge in [0.15, 0.2) is 5.96 Å². The summed E-state index contributed by atoms with van der Waals surface area (Å²) in [5, 5.41) is 8.76. The second kappa shape index (κ2) is 5.52. The predicted molar refractivity (Wildman–Crippen MR) is 76.5 cm³/mol. The standard InChI is InChI=1S/C12H12N6O4/c13-11(14)17-12(15)16-6-3-1-2-5-8(6)10(22)18(9(5)21)4-7(19)20/h1-3H,4H2,(H,19,20)(H6,13,14,15,16,17). The first-order valence-corrected chi connectivity index (χ1v) is 5.96. The Morgan fingerprint density at radius 1 is 1.18 bits per heavy atom. The molecule has 114 valence electrons. The molecule has 0 aliphatic carbocycles. The third kappa shape index (κ3) is 2.70. The lowest BCUT2D eigenvalue weighted by Crippen LogP contribution is -2.34. The van der Waals surface area contributed by atoms with Crippen LogP contribution in [0.4, 0.5) is 5.69 Å². The van der Waals surface area contributed by atoms with Crippen molar-refractivity contribution in [1.82, 2.24) is 4.90 Å². The number of carbonyl (C=O) groups is 3. The first-order valence-electron chi connectivity index (χ1n) is 5.96. The Balaban J connectivity index is 2.49. The SMILES string of the molecule is NC(N)=NC(N)=Nc1cccc2c1C(=O)N(CC(=O)O)C2=O. The van der Waals surface area contributed by atoms with E-state index < -0.39 is 24.3 Å². The topological polar surface area (TPSA) is 177 Å². The average Bonchev–Trinajstić information content (AvgIpc) is 2.63. The highest BCUT2D eigenvalue weighted by Crippen LogP contribution is 2.31. The maximum Gasteiger partial charge on any atom is 0.323 e. The summed E-state index contributed by atoms with van der Waals surface area (Å²) in [6, 6.07) is 4.31. The number of carboxylic acid groups (broad SMARTS) is 1. The number of aliphatic carboxylic acids is 1. The average molecular weight is 304 g/mol. The predicted octanol–water partition coefficient (Wildman–Crippen LogP) is -1.41. The van der Waals surface area contributed by atoms with Gasteiger partial charge in [-0.2, -0.15) is 4.99 Å². The summed E-state index contributed by atoms with van der Waals surface area (Å²) in [6.07, 6.45) is 0. The molecule has 0 radical (unpaired) electrons. The molecule has 0 saturated heterocycles. The van der Waals surface area contributed by atoms with Crippen molar-refractivity contribution in [3.8, 4) is 0 Å². The van der Waals surface area contributed by atoms with Crippen molar-refractivity contribution in [2.24, 2.45) is 27.2 Å². The van der Waals surface area contributed by atoms with E-state index in [1.165, 1.54) is 18.2 Å². The summed E-state index contributed by atoms with van der Waals surface area (Å²) < 4.78 is 0. The second-order valence-corrected chi connectivity index (χ2v) is 4.30. The van der Waals surface area contributed by atoms with E-state index in [0.29, 0.717) is 4.90 Å². The summed E-state index contributed by atoms with van der Waals surface area (Å²) in [5.74, 6) is -3.40. The normalized spacial score (nSPS) is 14.0. The minimum atomic E-state index is -1.31. The molecule has 1 aromatic carbocycles. The molecule has 0 saturated carbocycles. The summed E-state index contributed by atoms with van der Waals surface area (Å²) in [5.41, 5.74) is 15.9. The molecule has 10 heteroatoms. The molecule has 1 heterocycles. The molecular weight excluding hydrogens is 292 g/mol. The third-order valence-electron chi connectivity index (χ3n) is 2.75. The zero-order valence-corrected chi connectivity index (χ0v) is 11.2. The van der Waals surface area contributed by atoms with Crippen molar-refractivity contribution >= 4 is 35.4 Å². The molecule has 1 aliphatic heterocycles. The van der Waals surface area contributed by atoms with Crippen LogP contribution in [0.15, 0.2) is 28.2 Å². The molecule has 1 aliphatic rings. The van der Waals surface area contributed by atoms with Crippen LogP contribution in [-0.2, 0) is 4.79 Å². The van der Waals surface area contributed by atoms with Crippen molar-refractivity contribution in [3.63, 3.8) is 0 Å². The molecule has 10 nitrogen and oxygen atoms in total. The molecular formula is C12H12N6O4. The lowest BCUT2D eigenvalue weighted by molar-refractivity contribution is -0.137. The minimum Gasteiger partial charge on any atom is -0.480 e. The van der Waals surface area contributed by atoms with Crippen LogP contribution in [0.1, 0.15) is 20.7 Å². The van der Waals surface area contributed by atoms with E-state index in [2.05, 4.69) is 9.98 Å². The van der Waals surface area contributed by atoms with Gasteiger partial charge in [-0.15, -0.1) is 0 Å². The number of nitrogens with zero attached hydrogens (tertiary/aromatic N) is 3. The minimum absolute atomic E-state index is 0.0394. The van der Waals surface area contributed by atoms with Crippen LogP contribution in [0.3, 0.4) is 0 Å². The van der Waals surface area contributed by atoms with Crippen molar-refractivity contribution in [2.75, 3.05) is 6.54 Å². The van der Waals surface area contributed by atoms with Crippen LogP contribution in [0.5, 0.6) is 0 Å². The van der Waals surface area contributed by atoms with Gasteiger partial charge in [0.2, 0.25) is 5.96 Å². The second-order valence-electron chi connectivity index (χ2n) is 4.30. The van der Waals surface area contributed by atoms with E-state index in [-0.39, 0.29) is 28.7 Å². The quantitative estimate of drug-likeness (QED) is 0.301. The number of rotatable bonds is 3. The zero-order valence-electron chi connectivity index (χ0n) is 11.2. The number of carbonyl (C=O) groups excluding carboxylic acids is 2. The number of carboxylic acids is 1.